The summed E-state index contributed by atoms with van der Waals surface area (Å²) in [6.45, 7) is 8.15. The van der Waals surface area contributed by atoms with E-state index in [0.29, 0.717) is 30.1 Å². The molecule has 0 amide bonds. The molecule has 15 heavy (non-hydrogen) atoms. The van der Waals surface area contributed by atoms with Crippen LogP contribution in [0.15, 0.2) is 0 Å². The van der Waals surface area contributed by atoms with Crippen molar-refractivity contribution < 1.29 is 9.90 Å². The van der Waals surface area contributed by atoms with Gasteiger partial charge in [0.2, 0.25) is 0 Å². The van der Waals surface area contributed by atoms with E-state index >= 15 is 0 Å². The van der Waals surface area contributed by atoms with Gasteiger partial charge in [0.25, 0.3) is 0 Å². The summed E-state index contributed by atoms with van der Waals surface area (Å²) in [5.41, 5.74) is 0. The quantitative estimate of drug-likeness (QED) is 0.781. The van der Waals surface area contributed by atoms with E-state index in [4.69, 9.17) is 0 Å². The molecule has 1 aliphatic rings. The Balaban J connectivity index is 2.62. The molecule has 2 nitrogen and oxygen atoms in total. The first kappa shape index (κ1) is 12.7. The number of carbonyl (C=O) groups excluding carboxylic acids is 1. The molecule has 0 heterocycles. The van der Waals surface area contributed by atoms with Crippen LogP contribution in [0, 0.1) is 23.7 Å². The van der Waals surface area contributed by atoms with Gasteiger partial charge >= 0.3 is 0 Å². The molecule has 0 radical (unpaired) electrons. The molecule has 1 unspecified atom stereocenters. The van der Waals surface area contributed by atoms with Gasteiger partial charge in [-0.2, -0.15) is 0 Å². The monoisotopic (exact) mass is 212 g/mol. The summed E-state index contributed by atoms with van der Waals surface area (Å²) in [7, 11) is 0. The molecule has 0 bridgehead atoms. The lowest BCUT2D eigenvalue weighted by Crippen LogP contribution is -2.37. The third kappa shape index (κ3) is 3.30. The van der Waals surface area contributed by atoms with Gasteiger partial charge in [-0.1, -0.05) is 20.8 Å². The van der Waals surface area contributed by atoms with Gasteiger partial charge in [-0.05, 0) is 43.4 Å². The molecule has 1 aliphatic carbocycles. The molecule has 4 atom stereocenters. The molecule has 1 saturated carbocycles. The maximum Gasteiger partial charge on any atom is 0.130 e. The summed E-state index contributed by atoms with van der Waals surface area (Å²) in [6.07, 6.45) is 2.40. The van der Waals surface area contributed by atoms with E-state index in [1.54, 1.807) is 6.92 Å². The third-order valence-corrected chi connectivity index (χ3v) is 3.89. The van der Waals surface area contributed by atoms with Crippen molar-refractivity contribution in [2.45, 2.75) is 53.1 Å². The predicted octanol–water partition coefficient (Wildman–Crippen LogP) is 2.64. The fraction of sp³-hybridized carbons (Fsp3) is 0.923. The Labute approximate surface area is 93.1 Å². The van der Waals surface area contributed by atoms with Crippen molar-refractivity contribution in [1.82, 2.24) is 0 Å². The van der Waals surface area contributed by atoms with Crippen LogP contribution in [0.4, 0.5) is 0 Å². The highest BCUT2D eigenvalue weighted by molar-refractivity contribution is 5.75. The van der Waals surface area contributed by atoms with E-state index in [1.165, 1.54) is 0 Å². The molecule has 1 fully saturated rings. The van der Waals surface area contributed by atoms with Crippen LogP contribution in [0.1, 0.15) is 47.0 Å². The van der Waals surface area contributed by atoms with Gasteiger partial charge in [-0.15, -0.1) is 0 Å². The molecule has 0 aromatic rings. The first-order valence-corrected chi connectivity index (χ1v) is 6.09. The summed E-state index contributed by atoms with van der Waals surface area (Å²) in [5.74, 6) is 2.15. The van der Waals surface area contributed by atoms with Crippen molar-refractivity contribution in [3.05, 3.63) is 0 Å². The first-order chi connectivity index (χ1) is 6.91. The molecule has 0 aromatic heterocycles. The average molecular weight is 212 g/mol. The Morgan fingerprint density at radius 2 is 2.00 bits per heavy atom. The van der Waals surface area contributed by atoms with Crippen molar-refractivity contribution in [3.8, 4) is 0 Å². The zero-order valence-corrected chi connectivity index (χ0v) is 10.4. The molecule has 0 saturated heterocycles. The molecule has 0 aliphatic heterocycles. The van der Waals surface area contributed by atoms with Crippen LogP contribution in [0.25, 0.3) is 0 Å². The van der Waals surface area contributed by atoms with Crippen molar-refractivity contribution in [1.29, 1.82) is 0 Å². The molecule has 1 rings (SSSR count). The lowest BCUT2D eigenvalue weighted by atomic mass is 9.68. The second-order valence-corrected chi connectivity index (χ2v) is 5.59. The standard InChI is InChI=1S/C13H24O2/c1-8(2)12-7-11(6-10(4)14)9(3)5-13(12)15/h8-9,11-13,15H,5-7H2,1-4H3/t9-,11?,12-,13+/m0/s1. The largest absolute Gasteiger partial charge is 0.393 e. The molecule has 88 valence electrons. The van der Waals surface area contributed by atoms with Gasteiger partial charge in [-0.25, -0.2) is 0 Å². The molecule has 0 spiro atoms. The highest BCUT2D eigenvalue weighted by Crippen LogP contribution is 2.39. The van der Waals surface area contributed by atoms with E-state index < -0.39 is 0 Å². The number of aliphatic hydroxyl groups excluding tert-OH is 1. The number of Topliss-reactive ketones (excluding diaryl/α,β-unsaturated/α-hetero) is 1. The summed E-state index contributed by atoms with van der Waals surface area (Å²) >= 11 is 0. The predicted molar refractivity (Wildman–Crippen MR) is 61.5 cm³/mol. The van der Waals surface area contributed by atoms with Gasteiger partial charge in [0.05, 0.1) is 6.10 Å². The lowest BCUT2D eigenvalue weighted by Gasteiger charge is -2.39. The van der Waals surface area contributed by atoms with E-state index in [2.05, 4.69) is 20.8 Å². The van der Waals surface area contributed by atoms with Crippen molar-refractivity contribution >= 4 is 5.78 Å². The van der Waals surface area contributed by atoms with E-state index in [1.807, 2.05) is 0 Å². The fourth-order valence-electron chi connectivity index (χ4n) is 2.86. The normalized spacial score (nSPS) is 36.9. The Bertz CT molecular complexity index is 223. The van der Waals surface area contributed by atoms with Gasteiger partial charge in [0, 0.05) is 6.42 Å². The summed E-state index contributed by atoms with van der Waals surface area (Å²) < 4.78 is 0. The van der Waals surface area contributed by atoms with Crippen molar-refractivity contribution in [3.63, 3.8) is 0 Å². The van der Waals surface area contributed by atoms with Crippen LogP contribution < -0.4 is 0 Å². The Morgan fingerprint density at radius 3 is 2.47 bits per heavy atom. The minimum absolute atomic E-state index is 0.164. The zero-order valence-electron chi connectivity index (χ0n) is 10.4. The van der Waals surface area contributed by atoms with Crippen LogP contribution in [-0.2, 0) is 4.79 Å². The summed E-state index contributed by atoms with van der Waals surface area (Å²) in [6, 6.07) is 0. The van der Waals surface area contributed by atoms with E-state index in [-0.39, 0.29) is 11.9 Å². The highest BCUT2D eigenvalue weighted by Gasteiger charge is 2.35. The Hall–Kier alpha value is -0.370. The van der Waals surface area contributed by atoms with Crippen LogP contribution in [0.5, 0.6) is 0 Å². The number of hydrogen-bond acceptors (Lipinski definition) is 2. The first-order valence-electron chi connectivity index (χ1n) is 6.09. The Kier molecular flexibility index (Phi) is 4.32. The minimum Gasteiger partial charge on any atom is -0.393 e. The van der Waals surface area contributed by atoms with Crippen molar-refractivity contribution in [2.24, 2.45) is 23.7 Å². The van der Waals surface area contributed by atoms with Crippen LogP contribution in [-0.4, -0.2) is 17.0 Å². The molecule has 0 aromatic carbocycles. The van der Waals surface area contributed by atoms with Crippen LogP contribution >= 0.6 is 0 Å². The number of rotatable bonds is 3. The number of hydrogen-bond donors (Lipinski definition) is 1. The third-order valence-electron chi connectivity index (χ3n) is 3.89. The maximum atomic E-state index is 11.2. The topological polar surface area (TPSA) is 37.3 Å². The van der Waals surface area contributed by atoms with Gasteiger partial charge < -0.3 is 9.90 Å². The summed E-state index contributed by atoms with van der Waals surface area (Å²) in [5, 5.41) is 9.98. The Morgan fingerprint density at radius 1 is 1.40 bits per heavy atom. The zero-order chi connectivity index (χ0) is 11.6. The smallest absolute Gasteiger partial charge is 0.130 e. The fourth-order valence-corrected chi connectivity index (χ4v) is 2.86. The number of ketones is 1. The maximum absolute atomic E-state index is 11.2. The average Bonchev–Trinajstić information content (AvgIpc) is 2.08. The van der Waals surface area contributed by atoms with Gasteiger partial charge in [0.15, 0.2) is 0 Å². The number of carbonyl (C=O) groups is 1. The van der Waals surface area contributed by atoms with Crippen molar-refractivity contribution in [2.75, 3.05) is 0 Å². The van der Waals surface area contributed by atoms with Gasteiger partial charge in [-0.3, -0.25) is 0 Å². The SMILES string of the molecule is CC(=O)CC1C[C@@H](C(C)C)[C@H](O)C[C@@H]1C. The molecular formula is C13H24O2. The summed E-state index contributed by atoms with van der Waals surface area (Å²) in [4.78, 5) is 11.2. The van der Waals surface area contributed by atoms with Crippen LogP contribution in [0.3, 0.4) is 0 Å². The van der Waals surface area contributed by atoms with E-state index in [0.717, 1.165) is 12.8 Å². The number of aliphatic hydroxyl groups is 1. The molecule has 2 heteroatoms. The van der Waals surface area contributed by atoms with E-state index in [9.17, 15) is 9.90 Å². The highest BCUT2D eigenvalue weighted by atomic mass is 16.3. The molecular weight excluding hydrogens is 188 g/mol. The minimum atomic E-state index is -0.164. The lowest BCUT2D eigenvalue weighted by molar-refractivity contribution is -0.119. The second-order valence-electron chi connectivity index (χ2n) is 5.59. The van der Waals surface area contributed by atoms with Gasteiger partial charge in [0.1, 0.15) is 5.78 Å². The molecule has 1 N–H and O–H groups in total. The second kappa shape index (κ2) is 5.11. The van der Waals surface area contributed by atoms with Crippen LogP contribution in [0.2, 0.25) is 0 Å².